The molecule has 0 radical (unpaired) electrons. The zero-order chi connectivity index (χ0) is 21.4. The highest BCUT2D eigenvalue weighted by Gasteiger charge is 2.26. The number of hydrogen-bond acceptors (Lipinski definition) is 4. The van der Waals surface area contributed by atoms with Crippen LogP contribution in [-0.2, 0) is 16.1 Å². The van der Waals surface area contributed by atoms with Crippen molar-refractivity contribution in [3.05, 3.63) is 58.6 Å². The Kier molecular flexibility index (Phi) is 8.34. The number of rotatable bonds is 9. The zero-order valence-electron chi connectivity index (χ0n) is 17.2. The van der Waals surface area contributed by atoms with Gasteiger partial charge in [-0.25, -0.2) is 0 Å². The van der Waals surface area contributed by atoms with E-state index < -0.39 is 6.04 Å². The highest BCUT2D eigenvalue weighted by atomic mass is 35.5. The molecule has 0 fully saturated rings. The predicted octanol–water partition coefficient (Wildman–Crippen LogP) is 3.59. The summed E-state index contributed by atoms with van der Waals surface area (Å²) in [7, 11) is 1.60. The average Bonchev–Trinajstić information content (AvgIpc) is 2.72. The summed E-state index contributed by atoms with van der Waals surface area (Å²) in [5, 5.41) is 3.40. The van der Waals surface area contributed by atoms with Crippen molar-refractivity contribution in [2.45, 2.75) is 33.4 Å². The number of amides is 2. The molecule has 1 N–H and O–H groups in total. The molecule has 0 aliphatic carbocycles. The van der Waals surface area contributed by atoms with Gasteiger partial charge in [-0.3, -0.25) is 9.59 Å². The van der Waals surface area contributed by atoms with E-state index in [0.29, 0.717) is 17.3 Å². The first kappa shape index (κ1) is 22.6. The first-order chi connectivity index (χ1) is 13.8. The van der Waals surface area contributed by atoms with Crippen LogP contribution in [-0.4, -0.2) is 43.0 Å². The highest BCUT2D eigenvalue weighted by molar-refractivity contribution is 6.31. The number of carbonyl (C=O) groups is 2. The van der Waals surface area contributed by atoms with Gasteiger partial charge in [-0.15, -0.1) is 0 Å². The summed E-state index contributed by atoms with van der Waals surface area (Å²) in [6, 6.07) is 12.0. The molecule has 2 rings (SSSR count). The molecule has 2 aromatic rings. The van der Waals surface area contributed by atoms with Crippen LogP contribution in [0.4, 0.5) is 0 Å². The van der Waals surface area contributed by atoms with Crippen molar-refractivity contribution >= 4 is 23.4 Å². The van der Waals surface area contributed by atoms with Crippen molar-refractivity contribution in [1.82, 2.24) is 10.2 Å². The molecular formula is C22H27ClN2O4. The quantitative estimate of drug-likeness (QED) is 0.675. The van der Waals surface area contributed by atoms with Crippen LogP contribution in [0.2, 0.25) is 5.02 Å². The Morgan fingerprint density at radius 3 is 2.38 bits per heavy atom. The fourth-order valence-electron chi connectivity index (χ4n) is 2.77. The number of benzene rings is 2. The number of carbonyl (C=O) groups excluding carboxylic acids is 2. The third-order valence-electron chi connectivity index (χ3n) is 4.52. The first-order valence-corrected chi connectivity index (χ1v) is 9.82. The molecule has 2 aromatic carbocycles. The minimum absolute atomic E-state index is 0.180. The third kappa shape index (κ3) is 6.39. The Labute approximate surface area is 176 Å². The average molecular weight is 419 g/mol. The molecule has 1 atom stereocenters. The molecule has 0 spiro atoms. The van der Waals surface area contributed by atoms with E-state index in [9.17, 15) is 9.59 Å². The number of ether oxygens (including phenoxy) is 2. The maximum Gasteiger partial charge on any atom is 0.261 e. The lowest BCUT2D eigenvalue weighted by Gasteiger charge is -2.28. The van der Waals surface area contributed by atoms with E-state index in [2.05, 4.69) is 5.32 Å². The number of nitrogens with zero attached hydrogens (tertiary/aromatic N) is 1. The van der Waals surface area contributed by atoms with Gasteiger partial charge in [0.05, 0.1) is 7.11 Å². The lowest BCUT2D eigenvalue weighted by Crippen LogP contribution is -2.49. The van der Waals surface area contributed by atoms with Gasteiger partial charge < -0.3 is 19.7 Å². The van der Waals surface area contributed by atoms with E-state index in [1.165, 1.54) is 4.90 Å². The topological polar surface area (TPSA) is 67.9 Å². The van der Waals surface area contributed by atoms with Gasteiger partial charge in [0.25, 0.3) is 5.91 Å². The van der Waals surface area contributed by atoms with Crippen molar-refractivity contribution in [2.24, 2.45) is 0 Å². The third-order valence-corrected chi connectivity index (χ3v) is 4.95. The van der Waals surface area contributed by atoms with Gasteiger partial charge in [-0.1, -0.05) is 23.7 Å². The number of likely N-dealkylation sites (N-methyl/N-ethyl adjacent to an activating group) is 1. The summed E-state index contributed by atoms with van der Waals surface area (Å²) >= 11 is 6.03. The lowest BCUT2D eigenvalue weighted by molar-refractivity contribution is -0.142. The van der Waals surface area contributed by atoms with Crippen LogP contribution in [0.3, 0.4) is 0 Å². The second-order valence-corrected chi connectivity index (χ2v) is 7.05. The summed E-state index contributed by atoms with van der Waals surface area (Å²) in [6.45, 7) is 6.01. The normalized spacial score (nSPS) is 11.5. The van der Waals surface area contributed by atoms with Crippen LogP contribution in [0.25, 0.3) is 0 Å². The van der Waals surface area contributed by atoms with Crippen LogP contribution in [0.5, 0.6) is 11.5 Å². The number of methoxy groups -OCH3 is 1. The molecular weight excluding hydrogens is 392 g/mol. The van der Waals surface area contributed by atoms with Crippen LogP contribution in [0, 0.1) is 6.92 Å². The van der Waals surface area contributed by atoms with Crippen LogP contribution in [0.15, 0.2) is 42.5 Å². The van der Waals surface area contributed by atoms with E-state index in [1.54, 1.807) is 32.2 Å². The summed E-state index contributed by atoms with van der Waals surface area (Å²) in [5.74, 6) is 0.782. The fraction of sp³-hybridized carbons (Fsp3) is 0.364. The molecule has 29 heavy (non-hydrogen) atoms. The number of halogens is 1. The molecule has 7 heteroatoms. The van der Waals surface area contributed by atoms with E-state index in [1.807, 2.05) is 38.1 Å². The van der Waals surface area contributed by atoms with Gasteiger partial charge in [0.2, 0.25) is 5.91 Å². The Morgan fingerprint density at radius 1 is 1.14 bits per heavy atom. The van der Waals surface area contributed by atoms with Gasteiger partial charge >= 0.3 is 0 Å². The molecule has 0 bridgehead atoms. The Morgan fingerprint density at radius 2 is 1.79 bits per heavy atom. The van der Waals surface area contributed by atoms with Crippen LogP contribution < -0.4 is 14.8 Å². The van der Waals surface area contributed by atoms with Crippen LogP contribution in [0.1, 0.15) is 25.0 Å². The monoisotopic (exact) mass is 418 g/mol. The summed E-state index contributed by atoms with van der Waals surface area (Å²) in [6.07, 6.45) is 0. The van der Waals surface area contributed by atoms with Crippen LogP contribution >= 0.6 is 11.6 Å². The Bertz CT molecular complexity index is 839. The molecule has 2 amide bonds. The first-order valence-electron chi connectivity index (χ1n) is 9.44. The maximum atomic E-state index is 12.9. The molecule has 0 aliphatic heterocycles. The zero-order valence-corrected chi connectivity index (χ0v) is 18.0. The number of nitrogens with one attached hydrogen (secondary N) is 1. The summed E-state index contributed by atoms with van der Waals surface area (Å²) < 4.78 is 10.8. The molecule has 1 unspecified atom stereocenters. The van der Waals surface area contributed by atoms with Crippen molar-refractivity contribution in [3.8, 4) is 11.5 Å². The van der Waals surface area contributed by atoms with Crippen molar-refractivity contribution < 1.29 is 19.1 Å². The van der Waals surface area contributed by atoms with Crippen molar-refractivity contribution in [3.63, 3.8) is 0 Å². The molecule has 0 aromatic heterocycles. The predicted molar refractivity (Wildman–Crippen MR) is 113 cm³/mol. The maximum absolute atomic E-state index is 12.9. The van der Waals surface area contributed by atoms with E-state index in [0.717, 1.165) is 16.9 Å². The summed E-state index contributed by atoms with van der Waals surface area (Å²) in [5.41, 5.74) is 1.75. The SMILES string of the molecule is CCNC(=O)C(C)N(Cc1ccc(OC)cc1)C(=O)COc1ccc(Cl)c(C)c1. The lowest BCUT2D eigenvalue weighted by atomic mass is 10.1. The number of aryl methyl sites for hydroxylation is 1. The summed E-state index contributed by atoms with van der Waals surface area (Å²) in [4.78, 5) is 26.8. The molecule has 0 saturated carbocycles. The minimum atomic E-state index is -0.639. The largest absolute Gasteiger partial charge is 0.497 e. The van der Waals surface area contributed by atoms with Gasteiger partial charge in [0, 0.05) is 18.1 Å². The van der Waals surface area contributed by atoms with Crippen molar-refractivity contribution in [2.75, 3.05) is 20.3 Å². The molecule has 156 valence electrons. The van der Waals surface area contributed by atoms with Gasteiger partial charge in [0.15, 0.2) is 6.61 Å². The highest BCUT2D eigenvalue weighted by Crippen LogP contribution is 2.21. The molecule has 0 saturated heterocycles. The van der Waals surface area contributed by atoms with Gasteiger partial charge in [0.1, 0.15) is 17.5 Å². The molecule has 0 heterocycles. The van der Waals surface area contributed by atoms with Crippen molar-refractivity contribution in [1.29, 1.82) is 0 Å². The molecule has 6 nitrogen and oxygen atoms in total. The minimum Gasteiger partial charge on any atom is -0.497 e. The van der Waals surface area contributed by atoms with Gasteiger partial charge in [-0.05, 0) is 62.2 Å². The van der Waals surface area contributed by atoms with Gasteiger partial charge in [-0.2, -0.15) is 0 Å². The van der Waals surface area contributed by atoms with E-state index >= 15 is 0 Å². The second-order valence-electron chi connectivity index (χ2n) is 6.64. The second kappa shape index (κ2) is 10.7. The van der Waals surface area contributed by atoms with E-state index in [-0.39, 0.29) is 25.0 Å². The number of hydrogen-bond donors (Lipinski definition) is 1. The van der Waals surface area contributed by atoms with E-state index in [4.69, 9.17) is 21.1 Å². The smallest absolute Gasteiger partial charge is 0.261 e. The Balaban J connectivity index is 2.14. The standard InChI is InChI=1S/C22H27ClN2O4/c1-5-24-22(27)16(3)25(13-17-6-8-18(28-4)9-7-17)21(26)14-29-19-10-11-20(23)15(2)12-19/h6-12,16H,5,13-14H2,1-4H3,(H,24,27). The fourth-order valence-corrected chi connectivity index (χ4v) is 2.88. The Hall–Kier alpha value is -2.73. The molecule has 0 aliphatic rings.